The van der Waals surface area contributed by atoms with Crippen LogP contribution in [0.5, 0.6) is 0 Å². The predicted octanol–water partition coefficient (Wildman–Crippen LogP) is 3.97. The number of benzene rings is 1. The van der Waals surface area contributed by atoms with Gasteiger partial charge in [-0.2, -0.15) is 0 Å². The lowest BCUT2D eigenvalue weighted by Gasteiger charge is -2.43. The van der Waals surface area contributed by atoms with Crippen molar-refractivity contribution in [3.05, 3.63) is 58.8 Å². The second-order valence-electron chi connectivity index (χ2n) is 11.4. The fraction of sp³-hybridized carbons (Fsp3) is 0.481. The van der Waals surface area contributed by atoms with Crippen molar-refractivity contribution in [1.29, 1.82) is 0 Å². The van der Waals surface area contributed by atoms with E-state index in [-0.39, 0.29) is 45.8 Å². The van der Waals surface area contributed by atoms with Crippen LogP contribution >= 0.6 is 11.6 Å². The van der Waals surface area contributed by atoms with Gasteiger partial charge in [0.05, 0.1) is 39.6 Å². The Balaban J connectivity index is 1.54. The van der Waals surface area contributed by atoms with Crippen molar-refractivity contribution in [2.45, 2.75) is 57.0 Å². The van der Waals surface area contributed by atoms with Gasteiger partial charge in [-0.25, -0.2) is 17.8 Å². The Hall–Kier alpha value is -2.69. The lowest BCUT2D eigenvalue weighted by molar-refractivity contribution is 0.0717. The van der Waals surface area contributed by atoms with Crippen molar-refractivity contribution >= 4 is 38.7 Å². The largest absolute Gasteiger partial charge is 0.396 e. The van der Waals surface area contributed by atoms with Gasteiger partial charge >= 0.3 is 0 Å². The van der Waals surface area contributed by atoms with Crippen LogP contribution in [0.15, 0.2) is 41.4 Å². The van der Waals surface area contributed by atoms with E-state index in [2.05, 4.69) is 9.88 Å². The summed E-state index contributed by atoms with van der Waals surface area (Å²) in [7, 11) is -3.58. The Morgan fingerprint density at radius 2 is 1.84 bits per heavy atom. The molecule has 1 amide bonds. The van der Waals surface area contributed by atoms with E-state index in [4.69, 9.17) is 11.6 Å². The van der Waals surface area contributed by atoms with Crippen molar-refractivity contribution in [3.8, 4) is 0 Å². The van der Waals surface area contributed by atoms with E-state index >= 15 is 0 Å². The molecule has 2 bridgehead atoms. The monoisotopic (exact) mass is 562 g/mol. The van der Waals surface area contributed by atoms with Gasteiger partial charge in [0.15, 0.2) is 9.84 Å². The molecule has 1 aromatic carbocycles. The molecule has 8 nitrogen and oxygen atoms in total. The number of likely N-dealkylation sites (tertiary alicyclic amines) is 1. The summed E-state index contributed by atoms with van der Waals surface area (Å²) in [6.45, 7) is 6.45. The number of sulfone groups is 1. The molecule has 2 aliphatic heterocycles. The van der Waals surface area contributed by atoms with Crippen LogP contribution in [-0.4, -0.2) is 71.2 Å². The van der Waals surface area contributed by atoms with Gasteiger partial charge in [-0.05, 0) is 48.6 Å². The normalized spacial score (nSPS) is 19.9. The van der Waals surface area contributed by atoms with Gasteiger partial charge in [-0.3, -0.25) is 9.20 Å². The summed E-state index contributed by atoms with van der Waals surface area (Å²) >= 11 is 6.18. The molecule has 38 heavy (non-hydrogen) atoms. The average Bonchev–Trinajstić information content (AvgIpc) is 3.34. The zero-order valence-corrected chi connectivity index (χ0v) is 23.3. The van der Waals surface area contributed by atoms with E-state index in [1.165, 1.54) is 12.1 Å². The molecular weight excluding hydrogens is 531 g/mol. The highest BCUT2D eigenvalue weighted by molar-refractivity contribution is 7.91. The molecule has 2 aliphatic rings. The number of anilines is 1. The highest BCUT2D eigenvalue weighted by Gasteiger charge is 2.43. The zero-order valence-electron chi connectivity index (χ0n) is 21.7. The number of carbonyl (C=O) groups excluding carboxylic acids is 1. The number of aliphatic hydroxyl groups is 1. The quantitative estimate of drug-likeness (QED) is 0.488. The summed E-state index contributed by atoms with van der Waals surface area (Å²) in [6.07, 6.45) is 3.63. The maximum absolute atomic E-state index is 13.5. The first-order valence-corrected chi connectivity index (χ1v) is 14.8. The summed E-state index contributed by atoms with van der Waals surface area (Å²) in [5, 5.41) is 9.71. The molecule has 11 heteroatoms. The molecule has 2 fully saturated rings. The van der Waals surface area contributed by atoms with Gasteiger partial charge in [0, 0.05) is 31.6 Å². The number of hydrogen-bond acceptors (Lipinski definition) is 6. The number of aromatic nitrogens is 2. The molecular formula is C27H32ClFN4O4S. The molecule has 5 rings (SSSR count). The Morgan fingerprint density at radius 1 is 1.16 bits per heavy atom. The minimum absolute atomic E-state index is 0.000807. The molecule has 0 spiro atoms. The molecule has 0 saturated carbocycles. The first-order valence-electron chi connectivity index (χ1n) is 12.7. The number of carbonyl (C=O) groups is 1. The van der Waals surface area contributed by atoms with Crippen LogP contribution in [0, 0.1) is 11.2 Å². The van der Waals surface area contributed by atoms with Crippen LogP contribution < -0.4 is 4.90 Å². The van der Waals surface area contributed by atoms with Crippen molar-refractivity contribution < 1.29 is 22.7 Å². The van der Waals surface area contributed by atoms with Crippen LogP contribution in [-0.2, 0) is 16.3 Å². The molecule has 0 radical (unpaired) electrons. The second kappa shape index (κ2) is 9.81. The molecule has 2 aromatic heterocycles. The maximum atomic E-state index is 13.5. The number of halogens is 2. The second-order valence-corrected chi connectivity index (χ2v) is 13.8. The smallest absolute Gasteiger partial charge is 0.255 e. The van der Waals surface area contributed by atoms with E-state index in [0.717, 1.165) is 18.9 Å². The number of fused-ring (bicyclic) bond motifs is 3. The number of aliphatic hydroxyl groups excluding tert-OH is 1. The molecule has 3 aromatic rings. The molecule has 2 saturated heterocycles. The van der Waals surface area contributed by atoms with Crippen molar-refractivity contribution in [3.63, 3.8) is 0 Å². The summed E-state index contributed by atoms with van der Waals surface area (Å²) in [5.41, 5.74) is 0.493. The van der Waals surface area contributed by atoms with Gasteiger partial charge in [-0.15, -0.1) is 0 Å². The third-order valence-electron chi connectivity index (χ3n) is 7.17. The number of piperazine rings is 1. The van der Waals surface area contributed by atoms with Gasteiger partial charge in [0.25, 0.3) is 5.91 Å². The number of hydrogen-bond donors (Lipinski definition) is 1. The number of rotatable bonds is 6. The van der Waals surface area contributed by atoms with Crippen molar-refractivity contribution in [2.75, 3.05) is 30.3 Å². The van der Waals surface area contributed by atoms with Gasteiger partial charge in [0.2, 0.25) is 0 Å². The van der Waals surface area contributed by atoms with Crippen LogP contribution in [0.4, 0.5) is 10.2 Å². The summed E-state index contributed by atoms with van der Waals surface area (Å²) < 4.78 is 42.3. The molecule has 2 atom stereocenters. The molecule has 204 valence electrons. The maximum Gasteiger partial charge on any atom is 0.255 e. The molecule has 0 aliphatic carbocycles. The Labute approximate surface area is 226 Å². The third-order valence-corrected chi connectivity index (χ3v) is 9.68. The van der Waals surface area contributed by atoms with Crippen LogP contribution in [0.2, 0.25) is 5.02 Å². The average molecular weight is 563 g/mol. The van der Waals surface area contributed by atoms with Crippen molar-refractivity contribution in [1.82, 2.24) is 14.3 Å². The summed E-state index contributed by atoms with van der Waals surface area (Å²) in [6, 6.07) is 7.05. The fourth-order valence-electron chi connectivity index (χ4n) is 5.73. The molecule has 4 heterocycles. The van der Waals surface area contributed by atoms with E-state index in [1.807, 2.05) is 25.2 Å². The van der Waals surface area contributed by atoms with Crippen LogP contribution in [0.1, 0.15) is 49.8 Å². The fourth-order valence-corrected chi connectivity index (χ4v) is 7.87. The minimum atomic E-state index is -3.58. The Bertz CT molecular complexity index is 1490. The standard InChI is InChI=1S/C27H32ClFN4O4S/c1-27(2,3)16-38(36,37)21-11-20-13-30-24(8-9-34)33(20)25(12-21)32-18-5-6-19(32)15-31(14-18)26(35)22-7-4-17(29)10-23(22)28/h4,7,10-13,18-19,34H,5-6,8-9,14-16H2,1-3H3/t18-,19+. The van der Waals surface area contributed by atoms with E-state index in [1.54, 1.807) is 23.2 Å². The van der Waals surface area contributed by atoms with Crippen LogP contribution in [0.3, 0.4) is 0 Å². The predicted molar refractivity (Wildman–Crippen MR) is 144 cm³/mol. The summed E-state index contributed by atoms with van der Waals surface area (Å²) in [4.78, 5) is 22.0. The number of imidazole rings is 1. The van der Waals surface area contributed by atoms with Gasteiger partial charge in [0.1, 0.15) is 17.5 Å². The van der Waals surface area contributed by atoms with Crippen molar-refractivity contribution in [2.24, 2.45) is 5.41 Å². The zero-order chi connectivity index (χ0) is 27.4. The van der Waals surface area contributed by atoms with Crippen LogP contribution in [0.25, 0.3) is 5.52 Å². The Morgan fingerprint density at radius 3 is 2.45 bits per heavy atom. The SMILES string of the molecule is CC(C)(C)CS(=O)(=O)c1cc(N2[C@@H]3CC[C@H]2CN(C(=O)c2ccc(F)cc2Cl)C3)n2c(CCO)ncc2c1. The van der Waals surface area contributed by atoms with E-state index < -0.39 is 21.1 Å². The third kappa shape index (κ3) is 5.01. The lowest BCUT2D eigenvalue weighted by atomic mass is 10.0. The Kier molecular flexibility index (Phi) is 6.94. The summed E-state index contributed by atoms with van der Waals surface area (Å²) in [5.74, 6) is 0.604. The van der Waals surface area contributed by atoms with Gasteiger partial charge < -0.3 is 14.9 Å². The van der Waals surface area contributed by atoms with E-state index in [9.17, 15) is 22.7 Å². The first-order chi connectivity index (χ1) is 17.9. The topological polar surface area (TPSA) is 95.2 Å². The number of amides is 1. The minimum Gasteiger partial charge on any atom is -0.396 e. The first kappa shape index (κ1) is 26.9. The molecule has 0 unspecified atom stereocenters. The molecule has 1 N–H and O–H groups in total. The van der Waals surface area contributed by atoms with E-state index in [0.29, 0.717) is 36.7 Å². The highest BCUT2D eigenvalue weighted by Crippen LogP contribution is 2.38. The highest BCUT2D eigenvalue weighted by atomic mass is 35.5. The lowest BCUT2D eigenvalue weighted by Crippen LogP contribution is -2.56. The van der Waals surface area contributed by atoms with Gasteiger partial charge in [-0.1, -0.05) is 32.4 Å². The number of nitrogens with zero attached hydrogens (tertiary/aromatic N) is 4. The number of pyridine rings is 1.